The fraction of sp³-hybridized carbons (Fsp3) is 0.208. The molecule has 1 aliphatic rings. The summed E-state index contributed by atoms with van der Waals surface area (Å²) in [4.78, 5) is 38.5. The molecule has 1 amide bonds. The highest BCUT2D eigenvalue weighted by Crippen LogP contribution is 2.31. The third-order valence-electron chi connectivity index (χ3n) is 5.11. The number of fused-ring (bicyclic) bond motifs is 1. The molecule has 0 aliphatic carbocycles. The molecule has 1 unspecified atom stereocenters. The summed E-state index contributed by atoms with van der Waals surface area (Å²) in [5, 5.41) is 0. The van der Waals surface area contributed by atoms with Gasteiger partial charge in [0.2, 0.25) is 0 Å². The Morgan fingerprint density at radius 2 is 1.90 bits per heavy atom. The average molecular weight is 419 g/mol. The number of likely N-dealkylation sites (N-methyl/N-ethyl adjacent to an activating group) is 1. The second-order valence-electron chi connectivity index (χ2n) is 7.29. The molecule has 0 fully saturated rings. The number of carbonyl (C=O) groups excluding carboxylic acids is 3. The lowest BCUT2D eigenvalue weighted by Crippen LogP contribution is -2.30. The summed E-state index contributed by atoms with van der Waals surface area (Å²) in [5.74, 6) is -0.769. The average Bonchev–Trinajstić information content (AvgIpc) is 3.30. The second kappa shape index (κ2) is 8.87. The maximum Gasteiger partial charge on any atom is 0.339 e. The molecule has 158 valence electrons. The van der Waals surface area contributed by atoms with Crippen molar-refractivity contribution in [2.75, 3.05) is 13.7 Å². The van der Waals surface area contributed by atoms with Crippen molar-refractivity contribution in [3.05, 3.63) is 94.9 Å². The number of esters is 2. The highest BCUT2D eigenvalue weighted by atomic mass is 16.5. The summed E-state index contributed by atoms with van der Waals surface area (Å²) in [5.41, 5.74) is 2.31. The summed E-state index contributed by atoms with van der Waals surface area (Å²) in [6, 6.07) is 17.6. The van der Waals surface area contributed by atoms with Crippen molar-refractivity contribution in [2.24, 2.45) is 0 Å². The van der Waals surface area contributed by atoms with Crippen LogP contribution in [0.2, 0.25) is 0 Å². The summed E-state index contributed by atoms with van der Waals surface area (Å²) >= 11 is 0. The zero-order valence-corrected chi connectivity index (χ0v) is 16.9. The predicted octanol–water partition coefficient (Wildman–Crippen LogP) is 3.55. The molecule has 7 nitrogen and oxygen atoms in total. The van der Waals surface area contributed by atoms with Crippen LogP contribution in [0.4, 0.5) is 0 Å². The maximum absolute atomic E-state index is 12.5. The molecule has 0 saturated carbocycles. The van der Waals surface area contributed by atoms with Gasteiger partial charge in [0.05, 0.1) is 23.9 Å². The number of furan rings is 1. The van der Waals surface area contributed by atoms with Crippen molar-refractivity contribution in [2.45, 2.75) is 19.1 Å². The zero-order chi connectivity index (χ0) is 21.8. The van der Waals surface area contributed by atoms with Crippen LogP contribution < -0.4 is 0 Å². The minimum Gasteiger partial charge on any atom is -0.467 e. The summed E-state index contributed by atoms with van der Waals surface area (Å²) in [6.07, 6.45) is 1.57. The quantitative estimate of drug-likeness (QED) is 0.568. The monoisotopic (exact) mass is 419 g/mol. The van der Waals surface area contributed by atoms with Gasteiger partial charge in [-0.25, -0.2) is 9.59 Å². The van der Waals surface area contributed by atoms with E-state index in [9.17, 15) is 14.4 Å². The van der Waals surface area contributed by atoms with Gasteiger partial charge in [-0.1, -0.05) is 30.3 Å². The Hall–Kier alpha value is -3.87. The van der Waals surface area contributed by atoms with Crippen LogP contribution in [-0.4, -0.2) is 36.4 Å². The Kier molecular flexibility index (Phi) is 5.84. The van der Waals surface area contributed by atoms with Crippen LogP contribution in [0.15, 0.2) is 71.3 Å². The van der Waals surface area contributed by atoms with Crippen LogP contribution >= 0.6 is 0 Å². The number of ether oxygens (including phenoxy) is 2. The molecule has 1 aliphatic heterocycles. The number of nitrogens with zero attached hydrogens (tertiary/aromatic N) is 1. The fourth-order valence-corrected chi connectivity index (χ4v) is 3.42. The number of hydrogen-bond acceptors (Lipinski definition) is 6. The number of hydrogen-bond donors (Lipinski definition) is 0. The highest BCUT2D eigenvalue weighted by Gasteiger charge is 2.28. The van der Waals surface area contributed by atoms with Gasteiger partial charge in [0.25, 0.3) is 5.91 Å². The van der Waals surface area contributed by atoms with Gasteiger partial charge in [-0.05, 0) is 41.5 Å². The first-order valence-corrected chi connectivity index (χ1v) is 9.83. The van der Waals surface area contributed by atoms with E-state index in [4.69, 9.17) is 13.9 Å². The Bertz CT molecular complexity index is 1090. The van der Waals surface area contributed by atoms with Crippen molar-refractivity contribution in [3.8, 4) is 0 Å². The molecule has 0 radical (unpaired) electrons. The number of cyclic esters (lactones) is 1. The predicted molar refractivity (Wildman–Crippen MR) is 110 cm³/mol. The summed E-state index contributed by atoms with van der Waals surface area (Å²) < 4.78 is 15.9. The van der Waals surface area contributed by atoms with E-state index >= 15 is 0 Å². The molecule has 2 aromatic carbocycles. The van der Waals surface area contributed by atoms with Gasteiger partial charge in [-0.3, -0.25) is 4.79 Å². The van der Waals surface area contributed by atoms with Gasteiger partial charge in [0.1, 0.15) is 11.9 Å². The van der Waals surface area contributed by atoms with Gasteiger partial charge >= 0.3 is 11.9 Å². The Labute approximate surface area is 179 Å². The fourth-order valence-electron chi connectivity index (χ4n) is 3.42. The smallest absolute Gasteiger partial charge is 0.339 e. The van der Waals surface area contributed by atoms with Crippen LogP contribution in [0.3, 0.4) is 0 Å². The second-order valence-corrected chi connectivity index (χ2v) is 7.29. The van der Waals surface area contributed by atoms with E-state index in [1.807, 2.05) is 30.3 Å². The number of rotatable bonds is 6. The highest BCUT2D eigenvalue weighted by molar-refractivity contribution is 5.96. The molecular weight excluding hydrogens is 398 g/mol. The zero-order valence-electron chi connectivity index (χ0n) is 16.9. The lowest BCUT2D eigenvalue weighted by atomic mass is 9.93. The van der Waals surface area contributed by atoms with Crippen LogP contribution in [-0.2, 0) is 27.2 Å². The topological polar surface area (TPSA) is 86.1 Å². The SMILES string of the molecule is CN(Cc1ccco1)C(=O)COC(=O)c1ccc2c(c1)CC(c1ccccc1)OC2=O. The summed E-state index contributed by atoms with van der Waals surface area (Å²) in [7, 11) is 1.60. The van der Waals surface area contributed by atoms with Crippen molar-refractivity contribution in [1.82, 2.24) is 4.90 Å². The molecule has 3 aromatic rings. The van der Waals surface area contributed by atoms with Crippen LogP contribution in [0.1, 0.15) is 43.7 Å². The molecule has 1 aromatic heterocycles. The molecule has 7 heteroatoms. The molecule has 0 spiro atoms. The number of carbonyl (C=O) groups is 3. The van der Waals surface area contributed by atoms with E-state index in [2.05, 4.69) is 0 Å². The first kappa shape index (κ1) is 20.4. The van der Waals surface area contributed by atoms with E-state index in [1.54, 1.807) is 31.3 Å². The Morgan fingerprint density at radius 1 is 1.10 bits per heavy atom. The first-order chi connectivity index (χ1) is 15.0. The van der Waals surface area contributed by atoms with Crippen molar-refractivity contribution >= 4 is 17.8 Å². The number of benzene rings is 2. The van der Waals surface area contributed by atoms with Crippen molar-refractivity contribution < 1.29 is 28.3 Å². The molecule has 31 heavy (non-hydrogen) atoms. The molecule has 0 N–H and O–H groups in total. The largest absolute Gasteiger partial charge is 0.467 e. The molecule has 0 saturated heterocycles. The molecule has 0 bridgehead atoms. The Morgan fingerprint density at radius 3 is 2.65 bits per heavy atom. The third kappa shape index (κ3) is 4.66. The maximum atomic E-state index is 12.5. The van der Waals surface area contributed by atoms with E-state index in [1.165, 1.54) is 17.2 Å². The third-order valence-corrected chi connectivity index (χ3v) is 5.11. The van der Waals surface area contributed by atoms with Crippen LogP contribution in [0.5, 0.6) is 0 Å². The van der Waals surface area contributed by atoms with Gasteiger partial charge in [-0.2, -0.15) is 0 Å². The van der Waals surface area contributed by atoms with Gasteiger partial charge in [0, 0.05) is 13.5 Å². The minimum absolute atomic E-state index is 0.279. The molecule has 2 heterocycles. The van der Waals surface area contributed by atoms with Gasteiger partial charge in [0.15, 0.2) is 6.61 Å². The summed E-state index contributed by atoms with van der Waals surface area (Å²) in [6.45, 7) is -0.104. The van der Waals surface area contributed by atoms with E-state index in [0.717, 1.165) is 5.56 Å². The lowest BCUT2D eigenvalue weighted by molar-refractivity contribution is -0.133. The standard InChI is InChI=1S/C24H21NO6/c1-25(14-19-8-5-11-29-19)22(26)15-30-23(27)17-9-10-20-18(12-17)13-21(31-24(20)28)16-6-3-2-4-7-16/h2-12,21H,13-15H2,1H3. The minimum atomic E-state index is -0.627. The van der Waals surface area contributed by atoms with E-state index < -0.39 is 18.0 Å². The van der Waals surface area contributed by atoms with E-state index in [-0.39, 0.29) is 24.6 Å². The van der Waals surface area contributed by atoms with Crippen molar-refractivity contribution in [3.63, 3.8) is 0 Å². The molecular formula is C24H21NO6. The number of amides is 1. The van der Waals surface area contributed by atoms with Crippen molar-refractivity contribution in [1.29, 1.82) is 0 Å². The van der Waals surface area contributed by atoms with Crippen LogP contribution in [0.25, 0.3) is 0 Å². The normalized spacial score (nSPS) is 15.0. The first-order valence-electron chi connectivity index (χ1n) is 9.83. The van der Waals surface area contributed by atoms with Gasteiger partial charge in [-0.15, -0.1) is 0 Å². The van der Waals surface area contributed by atoms with Crippen LogP contribution in [0, 0.1) is 0 Å². The molecule has 4 rings (SSSR count). The lowest BCUT2D eigenvalue weighted by Gasteiger charge is -2.25. The van der Waals surface area contributed by atoms with E-state index in [0.29, 0.717) is 23.3 Å². The van der Waals surface area contributed by atoms with Gasteiger partial charge < -0.3 is 18.8 Å². The Balaban J connectivity index is 1.40. The molecule has 1 atom stereocenters.